The number of nitrogens with zero attached hydrogens (tertiary/aromatic N) is 4. The second-order valence-electron chi connectivity index (χ2n) is 5.83. The molecule has 9 heteroatoms. The largest absolute Gasteiger partial charge is 0.325 e. The average Bonchev–Trinajstić information content (AvgIpc) is 2.99. The first-order chi connectivity index (χ1) is 12.5. The Labute approximate surface area is 156 Å². The Balaban J connectivity index is 1.82. The van der Waals surface area contributed by atoms with Crippen LogP contribution >= 0.6 is 11.6 Å². The fourth-order valence-corrected chi connectivity index (χ4v) is 2.96. The van der Waals surface area contributed by atoms with Gasteiger partial charge in [-0.15, -0.1) is 0 Å². The Morgan fingerprint density at radius 2 is 2.15 bits per heavy atom. The number of rotatable bonds is 4. The minimum Gasteiger partial charge on any atom is -0.322 e. The Kier molecular flexibility index (Phi) is 5.22. The molecule has 2 heterocycles. The number of carbonyl (C=O) groups is 2. The molecule has 1 fully saturated rings. The van der Waals surface area contributed by atoms with Crippen molar-refractivity contribution in [2.75, 3.05) is 13.6 Å². The van der Waals surface area contributed by atoms with E-state index in [0.29, 0.717) is 17.5 Å². The third kappa shape index (κ3) is 3.41. The van der Waals surface area contributed by atoms with Crippen LogP contribution in [0.5, 0.6) is 0 Å². The van der Waals surface area contributed by atoms with Gasteiger partial charge in [0.2, 0.25) is 5.96 Å². The van der Waals surface area contributed by atoms with Gasteiger partial charge in [0.15, 0.2) is 12.2 Å². The highest BCUT2D eigenvalue weighted by Crippen LogP contribution is 2.23. The smallest absolute Gasteiger partial charge is 0.322 e. The molecule has 2 N–H and O–H groups in total. The molecular weight excluding hydrogens is 356 g/mol. The highest BCUT2D eigenvalue weighted by atomic mass is 35.5. The van der Waals surface area contributed by atoms with E-state index in [1.54, 1.807) is 24.2 Å². The van der Waals surface area contributed by atoms with Crippen molar-refractivity contribution in [1.82, 2.24) is 20.5 Å². The van der Waals surface area contributed by atoms with Crippen molar-refractivity contribution >= 4 is 35.7 Å². The van der Waals surface area contributed by atoms with E-state index < -0.39 is 18.2 Å². The number of likely N-dealkylation sites (N-methyl/N-ethyl adjacent to an activating group) is 1. The van der Waals surface area contributed by atoms with Crippen molar-refractivity contribution in [3.63, 3.8) is 0 Å². The van der Waals surface area contributed by atoms with Crippen LogP contribution in [0.4, 0.5) is 4.79 Å². The zero-order chi connectivity index (χ0) is 18.7. The molecule has 0 aromatic heterocycles. The normalized spacial score (nSPS) is 22.8. The van der Waals surface area contributed by atoms with Crippen LogP contribution in [-0.2, 0) is 4.79 Å². The minimum absolute atomic E-state index is 0.377. The number of hydrazone groups is 1. The van der Waals surface area contributed by atoms with Crippen LogP contribution in [0.25, 0.3) is 0 Å². The van der Waals surface area contributed by atoms with E-state index in [-0.39, 0.29) is 5.91 Å². The van der Waals surface area contributed by atoms with Crippen LogP contribution in [0.2, 0.25) is 5.02 Å². The fourth-order valence-electron chi connectivity index (χ4n) is 2.78. The summed E-state index contributed by atoms with van der Waals surface area (Å²) in [7, 11) is 1.60. The molecule has 2 atom stereocenters. The number of nitrogens with one attached hydrogen (secondary N) is 2. The number of carbonyl (C=O) groups excluding carboxylic acids is 2. The van der Waals surface area contributed by atoms with E-state index in [9.17, 15) is 9.59 Å². The molecule has 136 valence electrons. The van der Waals surface area contributed by atoms with Crippen molar-refractivity contribution < 1.29 is 9.59 Å². The second-order valence-corrected chi connectivity index (χ2v) is 6.24. The summed E-state index contributed by atoms with van der Waals surface area (Å²) in [6, 6.07) is 6.23. The van der Waals surface area contributed by atoms with E-state index in [1.807, 2.05) is 37.3 Å². The topological polar surface area (TPSA) is 89.4 Å². The number of hydrogen-bond donors (Lipinski definition) is 2. The Hall–Kier alpha value is -2.87. The molecule has 26 heavy (non-hydrogen) atoms. The molecule has 0 bridgehead atoms. The quantitative estimate of drug-likeness (QED) is 0.473. The monoisotopic (exact) mass is 374 g/mol. The second kappa shape index (κ2) is 7.57. The molecule has 0 aliphatic carbocycles. The van der Waals surface area contributed by atoms with Crippen molar-refractivity contribution in [1.29, 1.82) is 0 Å². The fraction of sp³-hybridized carbons (Fsp3) is 0.294. The van der Waals surface area contributed by atoms with Crippen molar-refractivity contribution in [2.45, 2.75) is 19.1 Å². The first-order valence-electron chi connectivity index (χ1n) is 8.09. The molecule has 2 aliphatic rings. The Morgan fingerprint density at radius 3 is 2.88 bits per heavy atom. The van der Waals surface area contributed by atoms with Crippen LogP contribution in [-0.4, -0.2) is 59.7 Å². The summed E-state index contributed by atoms with van der Waals surface area (Å²) in [6.45, 7) is 2.35. The molecular formula is C17H19ClN6O2. The molecule has 1 aromatic rings. The number of aliphatic imine (C=N–C) groups is 1. The lowest BCUT2D eigenvalue weighted by molar-refractivity contribution is -0.126. The van der Waals surface area contributed by atoms with Gasteiger partial charge in [-0.3, -0.25) is 10.1 Å². The first kappa shape index (κ1) is 17.9. The van der Waals surface area contributed by atoms with E-state index in [1.165, 1.54) is 4.90 Å². The average molecular weight is 375 g/mol. The number of amides is 3. The molecule has 2 unspecified atom stereocenters. The van der Waals surface area contributed by atoms with Gasteiger partial charge in [-0.2, -0.15) is 5.10 Å². The molecule has 0 radical (unpaired) electrons. The number of hydrogen-bond acceptors (Lipinski definition) is 6. The molecule has 1 saturated heterocycles. The predicted octanol–water partition coefficient (Wildman–Crippen LogP) is 1.39. The third-order valence-electron chi connectivity index (χ3n) is 4.17. The number of benzene rings is 1. The van der Waals surface area contributed by atoms with Crippen LogP contribution in [0.15, 0.2) is 46.5 Å². The SMILES string of the molecule is C/C=C/CN1C(N/N=C/c2ccccc2Cl)=NC2C1C(=O)NC(=O)N2C. The Morgan fingerprint density at radius 1 is 1.38 bits per heavy atom. The number of allylic oxidation sites excluding steroid dienone is 1. The maximum atomic E-state index is 12.3. The number of fused-ring (bicyclic) bond motifs is 1. The van der Waals surface area contributed by atoms with Crippen molar-refractivity contribution in [3.05, 3.63) is 47.0 Å². The van der Waals surface area contributed by atoms with Crippen molar-refractivity contribution in [3.8, 4) is 0 Å². The molecule has 0 spiro atoms. The minimum atomic E-state index is -0.605. The highest BCUT2D eigenvalue weighted by molar-refractivity contribution is 6.33. The molecule has 8 nitrogen and oxygen atoms in total. The molecule has 3 amide bonds. The maximum absolute atomic E-state index is 12.3. The van der Waals surface area contributed by atoms with Crippen LogP contribution in [0.1, 0.15) is 12.5 Å². The summed E-state index contributed by atoms with van der Waals surface area (Å²) in [5.41, 5.74) is 3.62. The lowest BCUT2D eigenvalue weighted by Crippen LogP contribution is -2.64. The zero-order valence-corrected chi connectivity index (χ0v) is 15.1. The highest BCUT2D eigenvalue weighted by Gasteiger charge is 2.48. The van der Waals surface area contributed by atoms with E-state index >= 15 is 0 Å². The summed E-state index contributed by atoms with van der Waals surface area (Å²) in [5.74, 6) is 0.0383. The number of halogens is 1. The van der Waals surface area contributed by atoms with Crippen LogP contribution < -0.4 is 10.7 Å². The summed E-state index contributed by atoms with van der Waals surface area (Å²) in [4.78, 5) is 31.8. The van der Waals surface area contributed by atoms with Crippen LogP contribution in [0.3, 0.4) is 0 Å². The van der Waals surface area contributed by atoms with Crippen LogP contribution in [0, 0.1) is 0 Å². The van der Waals surface area contributed by atoms with E-state index in [4.69, 9.17) is 11.6 Å². The summed E-state index contributed by atoms with van der Waals surface area (Å²) < 4.78 is 0. The number of urea groups is 1. The maximum Gasteiger partial charge on any atom is 0.325 e. The first-order valence-corrected chi connectivity index (χ1v) is 8.47. The van der Waals surface area contributed by atoms with Gasteiger partial charge < -0.3 is 9.80 Å². The Bertz CT molecular complexity index is 806. The van der Waals surface area contributed by atoms with Gasteiger partial charge in [0.25, 0.3) is 5.91 Å². The molecule has 3 rings (SSSR count). The zero-order valence-electron chi connectivity index (χ0n) is 14.4. The van der Waals surface area contributed by atoms with Gasteiger partial charge in [0.1, 0.15) is 0 Å². The van der Waals surface area contributed by atoms with Crippen molar-refractivity contribution in [2.24, 2.45) is 10.1 Å². The van der Waals surface area contributed by atoms with Gasteiger partial charge in [-0.25, -0.2) is 15.2 Å². The van der Waals surface area contributed by atoms with Gasteiger partial charge >= 0.3 is 6.03 Å². The van der Waals surface area contributed by atoms with Gasteiger partial charge in [-0.05, 0) is 13.0 Å². The van der Waals surface area contributed by atoms with E-state index in [2.05, 4.69) is 20.8 Å². The molecule has 0 saturated carbocycles. The lowest BCUT2D eigenvalue weighted by atomic mass is 10.1. The lowest BCUT2D eigenvalue weighted by Gasteiger charge is -2.35. The number of imide groups is 1. The predicted molar refractivity (Wildman–Crippen MR) is 100 cm³/mol. The summed E-state index contributed by atoms with van der Waals surface area (Å²) >= 11 is 6.10. The molecule has 1 aromatic carbocycles. The number of guanidine groups is 1. The summed E-state index contributed by atoms with van der Waals surface area (Å²) in [6.07, 6.45) is 4.77. The summed E-state index contributed by atoms with van der Waals surface area (Å²) in [5, 5.41) is 7.10. The van der Waals surface area contributed by atoms with E-state index in [0.717, 1.165) is 5.56 Å². The van der Waals surface area contributed by atoms with Gasteiger partial charge in [-0.1, -0.05) is 42.0 Å². The van der Waals surface area contributed by atoms with Gasteiger partial charge in [0, 0.05) is 24.2 Å². The molecule has 2 aliphatic heterocycles. The standard InChI is InChI=1S/C17H19ClN6O2/c1-3-4-9-24-13-14(23(2)17(26)21-15(13)25)20-16(24)22-19-10-11-7-5-6-8-12(11)18/h3-8,10,13-14H,9H2,1-2H3,(H,20,22)(H,21,25,26)/b4-3+,19-10+. The van der Waals surface area contributed by atoms with Gasteiger partial charge in [0.05, 0.1) is 6.21 Å². The third-order valence-corrected chi connectivity index (χ3v) is 4.52.